The molecule has 1 aliphatic rings. The summed E-state index contributed by atoms with van der Waals surface area (Å²) in [4.78, 5) is 14.6. The second kappa shape index (κ2) is 8.52. The summed E-state index contributed by atoms with van der Waals surface area (Å²) in [6.45, 7) is 8.42. The minimum atomic E-state index is 0.0717. The Morgan fingerprint density at radius 2 is 1.78 bits per heavy atom. The van der Waals surface area contributed by atoms with Gasteiger partial charge in [-0.3, -0.25) is 4.79 Å². The highest BCUT2D eigenvalue weighted by Gasteiger charge is 2.27. The van der Waals surface area contributed by atoms with Crippen LogP contribution >= 0.6 is 0 Å². The summed E-state index contributed by atoms with van der Waals surface area (Å²) in [5.74, 6) is 0.337. The number of rotatable bonds is 7. The molecule has 0 aromatic rings. The third kappa shape index (κ3) is 4.97. The zero-order valence-electron chi connectivity index (χ0n) is 12.4. The van der Waals surface area contributed by atoms with Crippen molar-refractivity contribution in [1.29, 1.82) is 0 Å². The molecule has 3 nitrogen and oxygen atoms in total. The molecule has 1 aliphatic heterocycles. The summed E-state index contributed by atoms with van der Waals surface area (Å²) in [5, 5.41) is 3.46. The van der Waals surface area contributed by atoms with Gasteiger partial charge >= 0.3 is 0 Å². The topological polar surface area (TPSA) is 32.3 Å². The Balaban J connectivity index is 2.50. The maximum atomic E-state index is 12.5. The SMILES string of the molecule is CCCCN(CCCC)C(=O)C1CCCC(C)N1. The molecule has 1 amide bonds. The van der Waals surface area contributed by atoms with Crippen LogP contribution in [-0.4, -0.2) is 36.0 Å². The highest BCUT2D eigenvalue weighted by molar-refractivity contribution is 5.82. The first-order valence-corrected chi connectivity index (χ1v) is 7.73. The Morgan fingerprint density at radius 1 is 1.17 bits per heavy atom. The Labute approximate surface area is 112 Å². The van der Waals surface area contributed by atoms with Crippen LogP contribution in [0.5, 0.6) is 0 Å². The van der Waals surface area contributed by atoms with Gasteiger partial charge in [0.15, 0.2) is 0 Å². The number of amides is 1. The van der Waals surface area contributed by atoms with Gasteiger partial charge in [0.2, 0.25) is 5.91 Å². The van der Waals surface area contributed by atoms with Crippen molar-refractivity contribution in [2.75, 3.05) is 13.1 Å². The van der Waals surface area contributed by atoms with Crippen LogP contribution in [0.1, 0.15) is 65.7 Å². The van der Waals surface area contributed by atoms with Crippen molar-refractivity contribution >= 4 is 5.91 Å². The van der Waals surface area contributed by atoms with Gasteiger partial charge in [0.25, 0.3) is 0 Å². The van der Waals surface area contributed by atoms with Gasteiger partial charge in [0.1, 0.15) is 0 Å². The monoisotopic (exact) mass is 254 g/mol. The lowest BCUT2D eigenvalue weighted by molar-refractivity contribution is -0.134. The van der Waals surface area contributed by atoms with Gasteiger partial charge in [-0.05, 0) is 39.0 Å². The van der Waals surface area contributed by atoms with Crippen LogP contribution in [0.15, 0.2) is 0 Å². The molecule has 2 atom stereocenters. The lowest BCUT2D eigenvalue weighted by Gasteiger charge is -2.32. The molecular formula is C15H30N2O. The number of unbranched alkanes of at least 4 members (excludes halogenated alkanes) is 2. The molecule has 1 saturated heterocycles. The van der Waals surface area contributed by atoms with Crippen molar-refractivity contribution in [1.82, 2.24) is 10.2 Å². The Kier molecular flexibility index (Phi) is 7.33. The van der Waals surface area contributed by atoms with Crippen LogP contribution in [0.25, 0.3) is 0 Å². The molecular weight excluding hydrogens is 224 g/mol. The van der Waals surface area contributed by atoms with Crippen LogP contribution < -0.4 is 5.32 Å². The second-order valence-electron chi connectivity index (χ2n) is 5.58. The molecule has 2 unspecified atom stereocenters. The van der Waals surface area contributed by atoms with Gasteiger partial charge in [-0.2, -0.15) is 0 Å². The Bertz CT molecular complexity index is 235. The fourth-order valence-corrected chi connectivity index (χ4v) is 2.58. The predicted octanol–water partition coefficient (Wildman–Crippen LogP) is 2.95. The zero-order chi connectivity index (χ0) is 13.4. The summed E-state index contributed by atoms with van der Waals surface area (Å²) in [7, 11) is 0. The summed E-state index contributed by atoms with van der Waals surface area (Å²) < 4.78 is 0. The lowest BCUT2D eigenvalue weighted by atomic mass is 9.98. The van der Waals surface area contributed by atoms with Crippen molar-refractivity contribution in [3.8, 4) is 0 Å². The molecule has 1 N–H and O–H groups in total. The van der Waals surface area contributed by atoms with Crippen LogP contribution in [0.2, 0.25) is 0 Å². The van der Waals surface area contributed by atoms with Crippen LogP contribution in [0, 0.1) is 0 Å². The molecule has 0 bridgehead atoms. The van der Waals surface area contributed by atoms with Gasteiger partial charge in [-0.15, -0.1) is 0 Å². The number of nitrogens with one attached hydrogen (secondary N) is 1. The quantitative estimate of drug-likeness (QED) is 0.757. The molecule has 1 rings (SSSR count). The molecule has 0 radical (unpaired) electrons. The van der Waals surface area contributed by atoms with Crippen molar-refractivity contribution in [3.05, 3.63) is 0 Å². The Hall–Kier alpha value is -0.570. The van der Waals surface area contributed by atoms with Gasteiger partial charge in [0, 0.05) is 19.1 Å². The lowest BCUT2D eigenvalue weighted by Crippen LogP contribution is -2.51. The number of piperidine rings is 1. The number of carbonyl (C=O) groups excluding carboxylic acids is 1. The van der Waals surface area contributed by atoms with Gasteiger partial charge in [-0.1, -0.05) is 26.7 Å². The number of hydrogen-bond acceptors (Lipinski definition) is 2. The number of nitrogens with zero attached hydrogens (tertiary/aromatic N) is 1. The average Bonchev–Trinajstić information content (AvgIpc) is 2.38. The number of hydrogen-bond donors (Lipinski definition) is 1. The summed E-state index contributed by atoms with van der Waals surface area (Å²) in [5.41, 5.74) is 0. The van der Waals surface area contributed by atoms with Crippen molar-refractivity contribution < 1.29 is 4.79 Å². The van der Waals surface area contributed by atoms with Crippen LogP contribution in [0.3, 0.4) is 0 Å². The van der Waals surface area contributed by atoms with E-state index in [1.54, 1.807) is 0 Å². The molecule has 0 aliphatic carbocycles. The minimum Gasteiger partial charge on any atom is -0.341 e. The summed E-state index contributed by atoms with van der Waals surface area (Å²) in [6, 6.07) is 0.564. The van der Waals surface area contributed by atoms with Gasteiger partial charge < -0.3 is 10.2 Å². The molecule has 18 heavy (non-hydrogen) atoms. The molecule has 0 aromatic carbocycles. The average molecular weight is 254 g/mol. The van der Waals surface area contributed by atoms with Crippen LogP contribution in [0.4, 0.5) is 0 Å². The molecule has 106 valence electrons. The van der Waals surface area contributed by atoms with E-state index >= 15 is 0 Å². The van der Waals surface area contributed by atoms with E-state index in [1.165, 1.54) is 12.8 Å². The van der Waals surface area contributed by atoms with Crippen molar-refractivity contribution in [3.63, 3.8) is 0 Å². The maximum Gasteiger partial charge on any atom is 0.239 e. The third-order valence-corrected chi connectivity index (χ3v) is 3.79. The number of carbonyl (C=O) groups is 1. The third-order valence-electron chi connectivity index (χ3n) is 3.79. The van der Waals surface area contributed by atoms with Crippen molar-refractivity contribution in [2.24, 2.45) is 0 Å². The van der Waals surface area contributed by atoms with E-state index in [0.29, 0.717) is 11.9 Å². The largest absolute Gasteiger partial charge is 0.341 e. The highest BCUT2D eigenvalue weighted by Crippen LogP contribution is 2.15. The van der Waals surface area contributed by atoms with Crippen LogP contribution in [-0.2, 0) is 4.79 Å². The molecule has 1 fully saturated rings. The smallest absolute Gasteiger partial charge is 0.239 e. The van der Waals surface area contributed by atoms with Gasteiger partial charge in [0.05, 0.1) is 6.04 Å². The Morgan fingerprint density at radius 3 is 2.28 bits per heavy atom. The second-order valence-corrected chi connectivity index (χ2v) is 5.58. The molecule has 0 spiro atoms. The highest BCUT2D eigenvalue weighted by atomic mass is 16.2. The molecule has 1 heterocycles. The molecule has 3 heteroatoms. The first kappa shape index (κ1) is 15.5. The van der Waals surface area contributed by atoms with E-state index in [0.717, 1.165) is 45.2 Å². The van der Waals surface area contributed by atoms with Crippen molar-refractivity contribution in [2.45, 2.75) is 77.8 Å². The minimum absolute atomic E-state index is 0.0717. The molecule has 0 aromatic heterocycles. The fraction of sp³-hybridized carbons (Fsp3) is 0.933. The van der Waals surface area contributed by atoms with E-state index in [1.807, 2.05) is 0 Å². The van der Waals surface area contributed by atoms with E-state index in [-0.39, 0.29) is 6.04 Å². The zero-order valence-corrected chi connectivity index (χ0v) is 12.4. The van der Waals surface area contributed by atoms with E-state index in [4.69, 9.17) is 0 Å². The standard InChI is InChI=1S/C15H30N2O/c1-4-6-11-17(12-7-5-2)15(18)14-10-8-9-13(3)16-14/h13-14,16H,4-12H2,1-3H3. The maximum absolute atomic E-state index is 12.5. The first-order chi connectivity index (χ1) is 8.69. The fourth-order valence-electron chi connectivity index (χ4n) is 2.58. The predicted molar refractivity (Wildman–Crippen MR) is 76.6 cm³/mol. The summed E-state index contributed by atoms with van der Waals surface area (Å²) >= 11 is 0. The van der Waals surface area contributed by atoms with Gasteiger partial charge in [-0.25, -0.2) is 0 Å². The molecule has 0 saturated carbocycles. The summed E-state index contributed by atoms with van der Waals surface area (Å²) in [6.07, 6.45) is 7.95. The normalized spacial score (nSPS) is 23.9. The first-order valence-electron chi connectivity index (χ1n) is 7.73. The van der Waals surface area contributed by atoms with E-state index in [9.17, 15) is 4.79 Å². The van der Waals surface area contributed by atoms with E-state index < -0.39 is 0 Å². The van der Waals surface area contributed by atoms with E-state index in [2.05, 4.69) is 31.0 Å².